The Bertz CT molecular complexity index is 809. The molecule has 3 aromatic rings. The van der Waals surface area contributed by atoms with Gasteiger partial charge < -0.3 is 9.26 Å². The molecule has 0 radical (unpaired) electrons. The number of aryl methyl sites for hydroxylation is 1. The maximum atomic E-state index is 12.1. The molecule has 0 unspecified atom stereocenters. The Balaban J connectivity index is 1.83. The van der Waals surface area contributed by atoms with Crippen molar-refractivity contribution < 1.29 is 22.4 Å². The van der Waals surface area contributed by atoms with Gasteiger partial charge in [-0.15, -0.1) is 18.3 Å². The number of halogens is 4. The van der Waals surface area contributed by atoms with Gasteiger partial charge in [-0.2, -0.15) is 9.18 Å². The molecule has 11 heteroatoms. The fraction of sp³-hybridized carbons (Fsp3) is 0.167. The third-order valence-corrected chi connectivity index (χ3v) is 3.00. The van der Waals surface area contributed by atoms with Crippen LogP contribution in [0.15, 0.2) is 28.8 Å². The Morgan fingerprint density at radius 2 is 1.83 bits per heavy atom. The number of hydrogen-bond donors (Lipinski definition) is 0. The highest BCUT2D eigenvalue weighted by molar-refractivity contribution is 6.15. The summed E-state index contributed by atoms with van der Waals surface area (Å²) in [5.74, 6) is 0.451. The highest BCUT2D eigenvalue weighted by Gasteiger charge is 2.31. The summed E-state index contributed by atoms with van der Waals surface area (Å²) in [6.07, 6.45) is -4.75. The van der Waals surface area contributed by atoms with Crippen molar-refractivity contribution in [2.75, 3.05) is 0 Å². The maximum Gasteiger partial charge on any atom is 0.573 e. The highest BCUT2D eigenvalue weighted by Crippen LogP contribution is 2.26. The summed E-state index contributed by atoms with van der Waals surface area (Å²) in [4.78, 5) is 8.09. The first-order chi connectivity index (χ1) is 10.8. The van der Waals surface area contributed by atoms with E-state index < -0.39 is 6.36 Å². The molecule has 0 amide bonds. The van der Waals surface area contributed by atoms with Gasteiger partial charge in [0.05, 0.1) is 0 Å². The van der Waals surface area contributed by atoms with E-state index in [-0.39, 0.29) is 23.3 Å². The molecule has 0 saturated carbocycles. The van der Waals surface area contributed by atoms with Crippen molar-refractivity contribution in [1.82, 2.24) is 24.4 Å². The Hall–Kier alpha value is -2.62. The average molecular weight is 346 g/mol. The second kappa shape index (κ2) is 5.54. The van der Waals surface area contributed by atoms with Gasteiger partial charge in [0.25, 0.3) is 5.89 Å². The predicted molar refractivity (Wildman–Crippen MR) is 71.4 cm³/mol. The van der Waals surface area contributed by atoms with Gasteiger partial charge in [-0.3, -0.25) is 0 Å². The fourth-order valence-corrected chi connectivity index (χ4v) is 1.81. The third-order valence-electron chi connectivity index (χ3n) is 2.68. The Morgan fingerprint density at radius 3 is 2.39 bits per heavy atom. The SMILES string of the molecule is Cc1nc(-c2nc(-c3ccc(OC(F)(F)F)cc3)no2)nn1Cl. The Labute approximate surface area is 131 Å². The Morgan fingerprint density at radius 1 is 1.13 bits per heavy atom. The van der Waals surface area contributed by atoms with Gasteiger partial charge in [0.15, 0.2) is 0 Å². The van der Waals surface area contributed by atoms with Crippen molar-refractivity contribution in [3.63, 3.8) is 0 Å². The molecule has 0 aliphatic carbocycles. The monoisotopic (exact) mass is 345 g/mol. The van der Waals surface area contributed by atoms with Gasteiger partial charge in [-0.05, 0) is 31.2 Å². The summed E-state index contributed by atoms with van der Waals surface area (Å²) in [7, 11) is 0. The molecule has 0 fully saturated rings. The molecule has 1 aromatic carbocycles. The number of rotatable bonds is 3. The van der Waals surface area contributed by atoms with E-state index in [1.807, 2.05) is 0 Å². The standard InChI is InChI=1S/C12H7ClF3N5O2/c1-6-17-10(19-21(6)13)11-18-9(20-23-11)7-2-4-8(5-3-7)22-12(14,15)16/h2-5H,1H3. The molecule has 120 valence electrons. The van der Waals surface area contributed by atoms with E-state index in [2.05, 4.69) is 25.0 Å². The minimum Gasteiger partial charge on any atom is -0.406 e. The van der Waals surface area contributed by atoms with Gasteiger partial charge >= 0.3 is 6.36 Å². The predicted octanol–water partition coefficient (Wildman–Crippen LogP) is 3.20. The molecule has 0 spiro atoms. The molecule has 0 saturated heterocycles. The molecule has 0 atom stereocenters. The lowest BCUT2D eigenvalue weighted by Gasteiger charge is -2.08. The summed E-state index contributed by atoms with van der Waals surface area (Å²) in [6.45, 7) is 1.64. The summed E-state index contributed by atoms with van der Waals surface area (Å²) >= 11 is 5.72. The third kappa shape index (κ3) is 3.42. The van der Waals surface area contributed by atoms with Crippen LogP contribution < -0.4 is 4.74 Å². The summed E-state index contributed by atoms with van der Waals surface area (Å²) in [5, 5.41) is 7.60. The molecule has 2 heterocycles. The van der Waals surface area contributed by atoms with Crippen LogP contribution in [0.5, 0.6) is 5.75 Å². The topological polar surface area (TPSA) is 78.9 Å². The maximum absolute atomic E-state index is 12.1. The van der Waals surface area contributed by atoms with Crippen molar-refractivity contribution in [1.29, 1.82) is 0 Å². The van der Waals surface area contributed by atoms with E-state index >= 15 is 0 Å². The molecule has 0 bridgehead atoms. The summed E-state index contributed by atoms with van der Waals surface area (Å²) in [6, 6.07) is 5.03. The molecule has 0 N–H and O–H groups in total. The second-order valence-electron chi connectivity index (χ2n) is 4.34. The molecular weight excluding hydrogens is 339 g/mol. The lowest BCUT2D eigenvalue weighted by Crippen LogP contribution is -2.16. The normalized spacial score (nSPS) is 11.7. The first kappa shape index (κ1) is 15.3. The van der Waals surface area contributed by atoms with Crippen LogP contribution in [0, 0.1) is 6.92 Å². The largest absolute Gasteiger partial charge is 0.573 e. The fourth-order valence-electron chi connectivity index (χ4n) is 1.70. The van der Waals surface area contributed by atoms with Crippen molar-refractivity contribution >= 4 is 11.8 Å². The zero-order valence-electron chi connectivity index (χ0n) is 11.4. The van der Waals surface area contributed by atoms with Crippen LogP contribution in [0.25, 0.3) is 23.1 Å². The number of benzene rings is 1. The van der Waals surface area contributed by atoms with E-state index in [0.717, 1.165) is 16.3 Å². The number of nitrogens with zero attached hydrogens (tertiary/aromatic N) is 5. The van der Waals surface area contributed by atoms with Crippen LogP contribution in [0.2, 0.25) is 0 Å². The van der Waals surface area contributed by atoms with Crippen LogP contribution in [0.4, 0.5) is 13.2 Å². The minimum atomic E-state index is -4.75. The van der Waals surface area contributed by atoms with Crippen molar-refractivity contribution in [2.45, 2.75) is 13.3 Å². The van der Waals surface area contributed by atoms with Gasteiger partial charge in [-0.1, -0.05) is 5.16 Å². The molecular formula is C12H7ClF3N5O2. The number of hydrogen-bond acceptors (Lipinski definition) is 6. The van der Waals surface area contributed by atoms with Gasteiger partial charge in [-0.25, -0.2) is 4.98 Å². The van der Waals surface area contributed by atoms with Crippen LogP contribution in [-0.2, 0) is 0 Å². The lowest BCUT2D eigenvalue weighted by molar-refractivity contribution is -0.274. The van der Waals surface area contributed by atoms with Crippen molar-refractivity contribution in [3.8, 4) is 28.9 Å². The van der Waals surface area contributed by atoms with E-state index in [1.165, 1.54) is 12.1 Å². The molecule has 0 aliphatic heterocycles. The quantitative estimate of drug-likeness (QED) is 0.725. The van der Waals surface area contributed by atoms with E-state index in [9.17, 15) is 13.2 Å². The first-order valence-corrected chi connectivity index (χ1v) is 6.46. The van der Waals surface area contributed by atoms with Gasteiger partial charge in [0.1, 0.15) is 11.6 Å². The summed E-state index contributed by atoms with van der Waals surface area (Å²) in [5.41, 5.74) is 0.441. The zero-order chi connectivity index (χ0) is 16.6. The Kier molecular flexibility index (Phi) is 3.68. The zero-order valence-corrected chi connectivity index (χ0v) is 12.1. The number of alkyl halides is 3. The van der Waals surface area contributed by atoms with Crippen LogP contribution >= 0.6 is 11.8 Å². The van der Waals surface area contributed by atoms with Gasteiger partial charge in [0, 0.05) is 17.3 Å². The smallest absolute Gasteiger partial charge is 0.406 e. The van der Waals surface area contributed by atoms with Crippen molar-refractivity contribution in [2.24, 2.45) is 0 Å². The molecule has 0 aliphatic rings. The molecule has 2 aromatic heterocycles. The average Bonchev–Trinajstić information content (AvgIpc) is 3.06. The number of ether oxygens (including phenoxy) is 1. The van der Waals surface area contributed by atoms with Crippen molar-refractivity contribution in [3.05, 3.63) is 30.1 Å². The van der Waals surface area contributed by atoms with E-state index in [0.29, 0.717) is 11.4 Å². The summed E-state index contributed by atoms with van der Waals surface area (Å²) < 4.78 is 46.1. The molecule has 23 heavy (non-hydrogen) atoms. The lowest BCUT2D eigenvalue weighted by atomic mass is 10.2. The molecule has 7 nitrogen and oxygen atoms in total. The molecule has 3 rings (SSSR count). The van der Waals surface area contributed by atoms with E-state index in [1.54, 1.807) is 6.92 Å². The van der Waals surface area contributed by atoms with Crippen LogP contribution in [0.3, 0.4) is 0 Å². The number of aromatic nitrogens is 5. The second-order valence-corrected chi connectivity index (χ2v) is 4.66. The van der Waals surface area contributed by atoms with Crippen LogP contribution in [-0.4, -0.2) is 30.8 Å². The minimum absolute atomic E-state index is 0.0399. The van der Waals surface area contributed by atoms with E-state index in [4.69, 9.17) is 16.3 Å². The van der Waals surface area contributed by atoms with Crippen LogP contribution in [0.1, 0.15) is 5.82 Å². The van der Waals surface area contributed by atoms with Gasteiger partial charge in [0.2, 0.25) is 11.6 Å². The first-order valence-electron chi connectivity index (χ1n) is 6.12. The highest BCUT2D eigenvalue weighted by atomic mass is 35.5.